The molecule has 0 unspecified atom stereocenters. The first-order valence-corrected chi connectivity index (χ1v) is 13.8. The van der Waals surface area contributed by atoms with Crippen LogP contribution in [0.15, 0.2) is 18.3 Å². The third-order valence-electron chi connectivity index (χ3n) is 7.04. The summed E-state index contributed by atoms with van der Waals surface area (Å²) in [4.78, 5) is 39.4. The Morgan fingerprint density at radius 2 is 1.71 bits per heavy atom. The van der Waals surface area contributed by atoms with Crippen LogP contribution in [0.2, 0.25) is 10.0 Å². The minimum Gasteiger partial charge on any atom is -0.481 e. The Hall–Kier alpha value is -3.03. The van der Waals surface area contributed by atoms with Crippen LogP contribution in [-0.2, 0) is 11.0 Å². The van der Waals surface area contributed by atoms with Gasteiger partial charge in [-0.3, -0.25) is 19.1 Å². The van der Waals surface area contributed by atoms with Crippen LogP contribution in [0, 0.1) is 29.6 Å². The number of ketones is 1. The van der Waals surface area contributed by atoms with Crippen molar-refractivity contribution in [1.82, 2.24) is 14.7 Å². The van der Waals surface area contributed by atoms with Gasteiger partial charge >= 0.3 is 12.1 Å². The molecule has 0 spiro atoms. The highest BCUT2D eigenvalue weighted by Crippen LogP contribution is 2.43. The van der Waals surface area contributed by atoms with Gasteiger partial charge in [0, 0.05) is 5.41 Å². The number of amides is 1. The van der Waals surface area contributed by atoms with Crippen molar-refractivity contribution in [2.24, 2.45) is 10.8 Å². The molecular weight excluding hydrogens is 582 g/mol. The minimum atomic E-state index is -4.95. The molecule has 1 aromatic heterocycles. The van der Waals surface area contributed by atoms with E-state index < -0.39 is 58.5 Å². The summed E-state index contributed by atoms with van der Waals surface area (Å²) in [6, 6.07) is 2.30. The molecule has 1 saturated carbocycles. The van der Waals surface area contributed by atoms with E-state index in [-0.39, 0.29) is 47.8 Å². The number of Topliss-reactive ketones (excluding diaryl/α,β-unsaturated/α-hetero) is 1. The first-order chi connectivity index (χ1) is 18.8. The third kappa shape index (κ3) is 7.63. The first-order valence-electron chi connectivity index (χ1n) is 13.0. The van der Waals surface area contributed by atoms with Gasteiger partial charge in [0.15, 0.2) is 11.5 Å². The summed E-state index contributed by atoms with van der Waals surface area (Å²) in [7, 11) is 0. The standard InChI is InChI=1S/C29H32Cl2F3N3O4/c1-17-13-20(30)23(21(31)14-17)22(38)16-36(12-6-9-27(2,3)4)25(39)19-15-35-37(24(19)29(32,33)34)18-7-10-28(5,11-8-18)26(40)41/h13-15,18H,7-8,10-12,16H2,1-5H3,(H,40,41). The molecule has 0 saturated heterocycles. The number of aliphatic carboxylic acids is 1. The van der Waals surface area contributed by atoms with Crippen molar-refractivity contribution in [1.29, 1.82) is 0 Å². The molecule has 1 fully saturated rings. The van der Waals surface area contributed by atoms with Crippen LogP contribution in [0.3, 0.4) is 0 Å². The van der Waals surface area contributed by atoms with E-state index in [0.717, 1.165) is 15.8 Å². The van der Waals surface area contributed by atoms with Crippen molar-refractivity contribution in [2.45, 2.75) is 72.5 Å². The number of nitrogens with zero attached hydrogens (tertiary/aromatic N) is 3. The number of halogens is 5. The number of carboxylic acid groups (broad SMARTS) is 1. The lowest BCUT2D eigenvalue weighted by atomic mass is 9.74. The van der Waals surface area contributed by atoms with E-state index in [0.29, 0.717) is 5.56 Å². The average Bonchev–Trinajstić information content (AvgIpc) is 3.28. The molecule has 1 heterocycles. The summed E-state index contributed by atoms with van der Waals surface area (Å²) in [5, 5.41) is 13.5. The fraction of sp³-hybridized carbons (Fsp3) is 0.517. The average molecular weight is 614 g/mol. The maximum Gasteiger partial charge on any atom is 0.433 e. The molecular formula is C29H32Cl2F3N3O4. The van der Waals surface area contributed by atoms with Crippen LogP contribution in [0.5, 0.6) is 0 Å². The second-order valence-corrected chi connectivity index (χ2v) is 12.5. The van der Waals surface area contributed by atoms with Crippen molar-refractivity contribution in [3.63, 3.8) is 0 Å². The maximum absolute atomic E-state index is 14.4. The van der Waals surface area contributed by atoms with E-state index in [1.165, 1.54) is 12.1 Å². The fourth-order valence-corrected chi connectivity index (χ4v) is 5.57. The molecule has 12 heteroatoms. The molecule has 0 atom stereocenters. The van der Waals surface area contributed by atoms with Crippen LogP contribution < -0.4 is 0 Å². The number of aromatic nitrogens is 2. The van der Waals surface area contributed by atoms with E-state index >= 15 is 0 Å². The quantitative estimate of drug-likeness (QED) is 0.266. The van der Waals surface area contributed by atoms with Crippen molar-refractivity contribution < 1.29 is 32.7 Å². The Labute approximate surface area is 247 Å². The summed E-state index contributed by atoms with van der Waals surface area (Å²) in [5.41, 5.74) is -2.82. The molecule has 1 aliphatic carbocycles. The number of benzene rings is 1. The number of carbonyl (C=O) groups excluding carboxylic acids is 2. The molecule has 1 aliphatic rings. The number of carbonyl (C=O) groups is 3. The molecule has 3 rings (SSSR count). The second kappa shape index (κ2) is 12.1. The SMILES string of the molecule is Cc1cc(Cl)c(C(=O)CN(CC#CC(C)(C)C)C(=O)c2cnn(C3CCC(C)(C(=O)O)CC3)c2C(F)(F)F)c(Cl)c1. The van der Waals surface area contributed by atoms with Gasteiger partial charge in [0.05, 0.1) is 51.9 Å². The molecule has 41 heavy (non-hydrogen) atoms. The predicted octanol–water partition coefficient (Wildman–Crippen LogP) is 7.10. The van der Waals surface area contributed by atoms with E-state index in [1.54, 1.807) is 13.8 Å². The highest BCUT2D eigenvalue weighted by atomic mass is 35.5. The number of hydrogen-bond acceptors (Lipinski definition) is 4. The molecule has 2 aromatic rings. The molecule has 1 amide bonds. The van der Waals surface area contributed by atoms with Gasteiger partial charge in [-0.15, -0.1) is 0 Å². The summed E-state index contributed by atoms with van der Waals surface area (Å²) >= 11 is 12.5. The number of hydrogen-bond donors (Lipinski definition) is 1. The molecule has 1 aromatic carbocycles. The maximum atomic E-state index is 14.4. The van der Waals surface area contributed by atoms with Gasteiger partial charge in [-0.25, -0.2) is 0 Å². The van der Waals surface area contributed by atoms with Gasteiger partial charge < -0.3 is 10.0 Å². The van der Waals surface area contributed by atoms with Crippen molar-refractivity contribution in [3.8, 4) is 11.8 Å². The fourth-order valence-electron chi connectivity index (χ4n) is 4.76. The first kappa shape index (κ1) is 32.5. The Morgan fingerprint density at radius 3 is 2.20 bits per heavy atom. The smallest absolute Gasteiger partial charge is 0.433 e. The molecule has 0 radical (unpaired) electrons. The summed E-state index contributed by atoms with van der Waals surface area (Å²) in [6.45, 7) is 7.83. The zero-order valence-corrected chi connectivity index (χ0v) is 25.0. The second-order valence-electron chi connectivity index (χ2n) is 11.7. The zero-order chi connectivity index (χ0) is 30.9. The third-order valence-corrected chi connectivity index (χ3v) is 7.63. The van der Waals surface area contributed by atoms with Crippen molar-refractivity contribution in [2.75, 3.05) is 13.1 Å². The summed E-state index contributed by atoms with van der Waals surface area (Å²) in [5.74, 6) is 2.97. The van der Waals surface area contributed by atoms with E-state index in [1.807, 2.05) is 20.8 Å². The molecule has 222 valence electrons. The minimum absolute atomic E-state index is 0.0454. The van der Waals surface area contributed by atoms with Gasteiger partial charge in [-0.2, -0.15) is 18.3 Å². The normalized spacial score (nSPS) is 19.3. The number of alkyl halides is 3. The molecule has 1 N–H and O–H groups in total. The lowest BCUT2D eigenvalue weighted by Gasteiger charge is -2.34. The summed E-state index contributed by atoms with van der Waals surface area (Å²) in [6.07, 6.45) is -3.50. The van der Waals surface area contributed by atoms with E-state index in [2.05, 4.69) is 16.9 Å². The summed E-state index contributed by atoms with van der Waals surface area (Å²) < 4.78 is 44.0. The van der Waals surface area contributed by atoms with Gasteiger partial charge in [0.25, 0.3) is 5.91 Å². The van der Waals surface area contributed by atoms with Crippen LogP contribution >= 0.6 is 23.2 Å². The van der Waals surface area contributed by atoms with Gasteiger partial charge in [0.1, 0.15) is 0 Å². The van der Waals surface area contributed by atoms with Crippen LogP contribution in [0.4, 0.5) is 13.2 Å². The van der Waals surface area contributed by atoms with E-state index in [9.17, 15) is 32.7 Å². The van der Waals surface area contributed by atoms with Crippen LogP contribution in [0.25, 0.3) is 0 Å². The van der Waals surface area contributed by atoms with Crippen LogP contribution in [-0.4, -0.2) is 50.5 Å². The number of carboxylic acids is 1. The predicted molar refractivity (Wildman–Crippen MR) is 149 cm³/mol. The zero-order valence-electron chi connectivity index (χ0n) is 23.5. The Kier molecular flexibility index (Phi) is 9.56. The van der Waals surface area contributed by atoms with Gasteiger partial charge in [-0.1, -0.05) is 35.0 Å². The van der Waals surface area contributed by atoms with Crippen LogP contribution in [0.1, 0.15) is 91.4 Å². The Morgan fingerprint density at radius 1 is 1.15 bits per heavy atom. The number of rotatable bonds is 7. The van der Waals surface area contributed by atoms with Crippen molar-refractivity contribution in [3.05, 3.63) is 50.8 Å². The Bertz CT molecular complexity index is 1390. The highest BCUT2D eigenvalue weighted by molar-refractivity contribution is 6.40. The largest absolute Gasteiger partial charge is 0.481 e. The molecule has 0 bridgehead atoms. The van der Waals surface area contributed by atoms with Gasteiger partial charge in [-0.05, 0) is 78.0 Å². The van der Waals surface area contributed by atoms with Gasteiger partial charge in [0.2, 0.25) is 0 Å². The molecule has 7 nitrogen and oxygen atoms in total. The number of aryl methyl sites for hydroxylation is 1. The Balaban J connectivity index is 2.01. The monoisotopic (exact) mass is 613 g/mol. The topological polar surface area (TPSA) is 92.5 Å². The lowest BCUT2D eigenvalue weighted by Crippen LogP contribution is -2.38. The lowest BCUT2D eigenvalue weighted by molar-refractivity contribution is -0.152. The van der Waals surface area contributed by atoms with E-state index in [4.69, 9.17) is 23.2 Å². The van der Waals surface area contributed by atoms with Crippen molar-refractivity contribution >= 4 is 40.9 Å². The highest BCUT2D eigenvalue weighted by Gasteiger charge is 2.45. The molecule has 0 aliphatic heterocycles.